The molecule has 0 bridgehead atoms. The average Bonchev–Trinajstić information content (AvgIpc) is 2.09. The summed E-state index contributed by atoms with van der Waals surface area (Å²) >= 11 is 0. The number of carbonyl (C=O) groups is 2. The molecule has 1 saturated heterocycles. The topological polar surface area (TPSA) is 60.9 Å². The molecule has 1 rings (SSSR count). The Morgan fingerprint density at radius 3 is 2.77 bits per heavy atom. The molecule has 0 aromatic carbocycles. The van der Waals surface area contributed by atoms with Gasteiger partial charge in [-0.15, -0.1) is 6.42 Å². The fraction of sp³-hybridized carbons (Fsp3) is 0.500. The molecule has 1 heterocycles. The van der Waals surface area contributed by atoms with E-state index in [1.807, 2.05) is 0 Å². The minimum atomic E-state index is -1.15. The molecule has 1 fully saturated rings. The van der Waals surface area contributed by atoms with Crippen LogP contribution in [-0.2, 0) is 4.79 Å². The Bertz CT molecular complexity index is 282. The van der Waals surface area contributed by atoms with Gasteiger partial charge in [0, 0.05) is 20.1 Å². The minimum Gasteiger partial charge on any atom is -0.465 e. The highest BCUT2D eigenvalue weighted by Crippen LogP contribution is 2.09. The molecule has 13 heavy (non-hydrogen) atoms. The van der Waals surface area contributed by atoms with Crippen LogP contribution in [0.15, 0.2) is 0 Å². The zero-order valence-electron chi connectivity index (χ0n) is 7.23. The molecule has 0 aliphatic carbocycles. The van der Waals surface area contributed by atoms with Crippen molar-refractivity contribution in [2.45, 2.75) is 6.04 Å². The Kier molecular flexibility index (Phi) is 2.42. The Morgan fingerprint density at radius 2 is 2.31 bits per heavy atom. The standard InChI is InChI=1S/C8H10N2O3/c1-3-6-7(11)9(2)4-5-10(6)8(12)13/h1,6H,4-5H2,2H3,(H,12,13)/t6-/m0/s1. The van der Waals surface area contributed by atoms with Crippen molar-refractivity contribution in [1.29, 1.82) is 0 Å². The van der Waals surface area contributed by atoms with Gasteiger partial charge in [0.25, 0.3) is 5.91 Å². The summed E-state index contributed by atoms with van der Waals surface area (Å²) in [5.74, 6) is 1.83. The van der Waals surface area contributed by atoms with Crippen molar-refractivity contribution in [3.05, 3.63) is 0 Å². The van der Waals surface area contributed by atoms with Crippen molar-refractivity contribution >= 4 is 12.0 Å². The molecule has 0 spiro atoms. The van der Waals surface area contributed by atoms with E-state index in [-0.39, 0.29) is 12.5 Å². The van der Waals surface area contributed by atoms with Gasteiger partial charge in [-0.05, 0) is 0 Å². The van der Waals surface area contributed by atoms with Gasteiger partial charge in [-0.3, -0.25) is 9.69 Å². The van der Waals surface area contributed by atoms with Crippen molar-refractivity contribution in [3.63, 3.8) is 0 Å². The van der Waals surface area contributed by atoms with Gasteiger partial charge in [-0.25, -0.2) is 4.79 Å². The predicted molar refractivity (Wildman–Crippen MR) is 45.0 cm³/mol. The Morgan fingerprint density at radius 1 is 1.69 bits per heavy atom. The molecule has 0 radical (unpaired) electrons. The monoisotopic (exact) mass is 182 g/mol. The summed E-state index contributed by atoms with van der Waals surface area (Å²) in [6, 6.07) is -0.962. The van der Waals surface area contributed by atoms with E-state index in [1.165, 1.54) is 4.90 Å². The van der Waals surface area contributed by atoms with Crippen LogP contribution in [0.2, 0.25) is 0 Å². The van der Waals surface area contributed by atoms with Crippen molar-refractivity contribution in [3.8, 4) is 12.3 Å². The van der Waals surface area contributed by atoms with E-state index in [0.29, 0.717) is 6.54 Å². The number of rotatable bonds is 0. The lowest BCUT2D eigenvalue weighted by Gasteiger charge is -2.34. The first-order valence-corrected chi connectivity index (χ1v) is 3.78. The second kappa shape index (κ2) is 3.35. The first-order chi connectivity index (χ1) is 6.07. The number of piperazine rings is 1. The molecule has 5 nitrogen and oxygen atoms in total. The first-order valence-electron chi connectivity index (χ1n) is 3.78. The summed E-state index contributed by atoms with van der Waals surface area (Å²) in [6.45, 7) is 0.662. The van der Waals surface area contributed by atoms with Crippen LogP contribution >= 0.6 is 0 Å². The SMILES string of the molecule is C#C[C@H]1C(=O)N(C)CCN1C(=O)O. The summed E-state index contributed by atoms with van der Waals surface area (Å²) in [5.41, 5.74) is 0. The quantitative estimate of drug-likeness (QED) is 0.511. The van der Waals surface area contributed by atoms with Gasteiger partial charge >= 0.3 is 6.09 Å². The number of hydrogen-bond donors (Lipinski definition) is 1. The molecule has 1 atom stereocenters. The summed E-state index contributed by atoms with van der Waals surface area (Å²) < 4.78 is 0. The van der Waals surface area contributed by atoms with Gasteiger partial charge in [-0.2, -0.15) is 0 Å². The molecule has 2 amide bonds. The zero-order valence-corrected chi connectivity index (χ0v) is 7.23. The number of carboxylic acid groups (broad SMARTS) is 1. The molecular weight excluding hydrogens is 172 g/mol. The first kappa shape index (κ1) is 9.39. The molecule has 1 aliphatic heterocycles. The van der Waals surface area contributed by atoms with Gasteiger partial charge in [-0.1, -0.05) is 5.92 Å². The van der Waals surface area contributed by atoms with Crippen molar-refractivity contribution in [2.75, 3.05) is 20.1 Å². The summed E-state index contributed by atoms with van der Waals surface area (Å²) in [7, 11) is 1.60. The maximum absolute atomic E-state index is 11.3. The smallest absolute Gasteiger partial charge is 0.408 e. The van der Waals surface area contributed by atoms with Gasteiger partial charge in [0.15, 0.2) is 6.04 Å². The van der Waals surface area contributed by atoms with Crippen molar-refractivity contribution in [1.82, 2.24) is 9.80 Å². The molecule has 70 valence electrons. The highest BCUT2D eigenvalue weighted by molar-refractivity contribution is 5.89. The van der Waals surface area contributed by atoms with Crippen LogP contribution in [0.3, 0.4) is 0 Å². The lowest BCUT2D eigenvalue weighted by atomic mass is 10.2. The Balaban J connectivity index is 2.86. The van der Waals surface area contributed by atoms with E-state index in [9.17, 15) is 9.59 Å². The van der Waals surface area contributed by atoms with Crippen LogP contribution in [0.4, 0.5) is 4.79 Å². The highest BCUT2D eigenvalue weighted by Gasteiger charge is 2.34. The van der Waals surface area contributed by atoms with Crippen LogP contribution in [0.25, 0.3) is 0 Å². The minimum absolute atomic E-state index is 0.270. The second-order valence-electron chi connectivity index (χ2n) is 2.80. The van der Waals surface area contributed by atoms with Gasteiger partial charge in [0.2, 0.25) is 0 Å². The maximum atomic E-state index is 11.3. The molecule has 0 aromatic rings. The van der Waals surface area contributed by atoms with Crippen LogP contribution in [0, 0.1) is 12.3 Å². The van der Waals surface area contributed by atoms with E-state index in [4.69, 9.17) is 11.5 Å². The van der Waals surface area contributed by atoms with E-state index < -0.39 is 12.1 Å². The Labute approximate surface area is 75.9 Å². The van der Waals surface area contributed by atoms with Crippen LogP contribution in [0.1, 0.15) is 0 Å². The van der Waals surface area contributed by atoms with Crippen LogP contribution < -0.4 is 0 Å². The third-order valence-corrected chi connectivity index (χ3v) is 2.00. The molecule has 0 unspecified atom stereocenters. The summed E-state index contributed by atoms with van der Waals surface area (Å²) in [4.78, 5) is 24.4. The van der Waals surface area contributed by atoms with Gasteiger partial charge < -0.3 is 10.0 Å². The van der Waals surface area contributed by atoms with E-state index >= 15 is 0 Å². The van der Waals surface area contributed by atoms with E-state index in [1.54, 1.807) is 7.05 Å². The normalized spacial score (nSPS) is 22.8. The lowest BCUT2D eigenvalue weighted by Crippen LogP contribution is -2.56. The number of amides is 2. The molecule has 0 saturated carbocycles. The maximum Gasteiger partial charge on any atom is 0.408 e. The third-order valence-electron chi connectivity index (χ3n) is 2.00. The van der Waals surface area contributed by atoms with Crippen molar-refractivity contribution in [2.24, 2.45) is 0 Å². The third kappa shape index (κ3) is 1.56. The lowest BCUT2D eigenvalue weighted by molar-refractivity contribution is -0.136. The average molecular weight is 182 g/mol. The summed E-state index contributed by atoms with van der Waals surface area (Å²) in [5, 5.41) is 8.70. The molecule has 1 N–H and O–H groups in total. The second-order valence-corrected chi connectivity index (χ2v) is 2.80. The molecular formula is C8H10N2O3. The van der Waals surface area contributed by atoms with E-state index in [2.05, 4.69) is 5.92 Å². The number of carbonyl (C=O) groups excluding carboxylic acids is 1. The molecule has 0 aromatic heterocycles. The summed E-state index contributed by atoms with van der Waals surface area (Å²) in [6.07, 6.45) is 3.93. The van der Waals surface area contributed by atoms with Gasteiger partial charge in [0.1, 0.15) is 0 Å². The highest BCUT2D eigenvalue weighted by atomic mass is 16.4. The fourth-order valence-electron chi connectivity index (χ4n) is 1.21. The number of hydrogen-bond acceptors (Lipinski definition) is 2. The van der Waals surface area contributed by atoms with Gasteiger partial charge in [0.05, 0.1) is 0 Å². The zero-order chi connectivity index (χ0) is 10.0. The number of nitrogens with zero attached hydrogens (tertiary/aromatic N) is 2. The fourth-order valence-corrected chi connectivity index (χ4v) is 1.21. The molecule has 5 heteroatoms. The predicted octanol–water partition coefficient (Wildman–Crippen LogP) is -0.560. The van der Waals surface area contributed by atoms with Crippen LogP contribution in [-0.4, -0.2) is 53.1 Å². The number of likely N-dealkylation sites (N-methyl/N-ethyl adjacent to an activating group) is 1. The Hall–Kier alpha value is -1.70. The molecule has 1 aliphatic rings. The van der Waals surface area contributed by atoms with E-state index in [0.717, 1.165) is 4.90 Å². The largest absolute Gasteiger partial charge is 0.465 e. The van der Waals surface area contributed by atoms with Crippen molar-refractivity contribution < 1.29 is 14.7 Å². The van der Waals surface area contributed by atoms with Crippen LogP contribution in [0.5, 0.6) is 0 Å². The number of terminal acetylenes is 1.